The Labute approximate surface area is 155 Å². The number of anilines is 1. The summed E-state index contributed by atoms with van der Waals surface area (Å²) in [6.07, 6.45) is 0. The number of nitrogens with one attached hydrogen (secondary N) is 1. The second kappa shape index (κ2) is 8.21. The van der Waals surface area contributed by atoms with Gasteiger partial charge in [-0.2, -0.15) is 5.10 Å². The van der Waals surface area contributed by atoms with Crippen LogP contribution in [0.1, 0.15) is 18.3 Å². The van der Waals surface area contributed by atoms with Gasteiger partial charge in [0, 0.05) is 58.0 Å². The number of piperazine rings is 1. The topological polar surface area (TPSA) is 36.3 Å². The molecular weight excluding hydrogens is 334 g/mol. The highest BCUT2D eigenvalue weighted by molar-refractivity contribution is 6.31. The molecular formula is C19H28ClN5. The number of hydrogen-bond acceptors (Lipinski definition) is 4. The summed E-state index contributed by atoms with van der Waals surface area (Å²) in [5, 5.41) is 8.75. The maximum absolute atomic E-state index is 6.31. The van der Waals surface area contributed by atoms with Crippen LogP contribution >= 0.6 is 11.6 Å². The fourth-order valence-electron chi connectivity index (χ4n) is 3.35. The summed E-state index contributed by atoms with van der Waals surface area (Å²) in [5.74, 6) is 0. The van der Waals surface area contributed by atoms with Crippen LogP contribution in [0.4, 0.5) is 5.69 Å². The molecule has 1 aromatic heterocycles. The molecule has 25 heavy (non-hydrogen) atoms. The van der Waals surface area contributed by atoms with Gasteiger partial charge in [0.15, 0.2) is 0 Å². The zero-order valence-electron chi connectivity index (χ0n) is 15.4. The van der Waals surface area contributed by atoms with Gasteiger partial charge in [0.1, 0.15) is 0 Å². The van der Waals surface area contributed by atoms with Gasteiger partial charge >= 0.3 is 0 Å². The summed E-state index contributed by atoms with van der Waals surface area (Å²) < 4.78 is 1.84. The molecule has 1 saturated heterocycles. The molecule has 0 amide bonds. The Morgan fingerprint density at radius 1 is 1.16 bits per heavy atom. The smallest absolute Gasteiger partial charge is 0.0951 e. The Hall–Kier alpha value is -1.56. The predicted molar refractivity (Wildman–Crippen MR) is 104 cm³/mol. The van der Waals surface area contributed by atoms with E-state index in [0.29, 0.717) is 6.04 Å². The van der Waals surface area contributed by atoms with Crippen molar-refractivity contribution in [2.75, 3.05) is 37.6 Å². The van der Waals surface area contributed by atoms with Crippen LogP contribution in [0.15, 0.2) is 30.3 Å². The van der Waals surface area contributed by atoms with E-state index in [1.807, 2.05) is 18.7 Å². The summed E-state index contributed by atoms with van der Waals surface area (Å²) >= 11 is 6.31. The molecule has 0 saturated carbocycles. The van der Waals surface area contributed by atoms with Crippen molar-refractivity contribution < 1.29 is 0 Å². The van der Waals surface area contributed by atoms with Crippen LogP contribution in [0, 0.1) is 6.92 Å². The maximum Gasteiger partial charge on any atom is 0.0951 e. The van der Waals surface area contributed by atoms with Gasteiger partial charge in [-0.05, 0) is 26.0 Å². The van der Waals surface area contributed by atoms with Gasteiger partial charge in [0.2, 0.25) is 0 Å². The van der Waals surface area contributed by atoms with E-state index in [2.05, 4.69) is 57.5 Å². The highest BCUT2D eigenvalue weighted by Crippen LogP contribution is 2.19. The molecule has 0 aliphatic carbocycles. The van der Waals surface area contributed by atoms with E-state index < -0.39 is 0 Å². The van der Waals surface area contributed by atoms with Gasteiger partial charge in [-0.3, -0.25) is 9.58 Å². The van der Waals surface area contributed by atoms with E-state index in [0.717, 1.165) is 55.7 Å². The highest BCUT2D eigenvalue weighted by atomic mass is 35.5. The Morgan fingerprint density at radius 2 is 1.84 bits per heavy atom. The average molecular weight is 362 g/mol. The molecule has 0 radical (unpaired) electrons. The summed E-state index contributed by atoms with van der Waals surface area (Å²) in [6, 6.07) is 11.2. The number of hydrogen-bond donors (Lipinski definition) is 1. The largest absolute Gasteiger partial charge is 0.369 e. The van der Waals surface area contributed by atoms with E-state index in [4.69, 9.17) is 11.6 Å². The Balaban J connectivity index is 1.43. The van der Waals surface area contributed by atoms with Crippen LogP contribution in [0.3, 0.4) is 0 Å². The number of rotatable bonds is 6. The van der Waals surface area contributed by atoms with Crippen LogP contribution in [0.25, 0.3) is 0 Å². The third-order valence-electron chi connectivity index (χ3n) is 5.12. The van der Waals surface area contributed by atoms with Crippen molar-refractivity contribution in [1.82, 2.24) is 20.0 Å². The van der Waals surface area contributed by atoms with E-state index >= 15 is 0 Å². The fourth-order valence-corrected chi connectivity index (χ4v) is 3.58. The van der Waals surface area contributed by atoms with Crippen LogP contribution in [-0.2, 0) is 13.6 Å². The van der Waals surface area contributed by atoms with Crippen molar-refractivity contribution in [3.8, 4) is 0 Å². The maximum atomic E-state index is 6.31. The molecule has 1 aromatic carbocycles. The third-order valence-corrected chi connectivity index (χ3v) is 5.61. The first-order valence-corrected chi connectivity index (χ1v) is 9.37. The zero-order chi connectivity index (χ0) is 17.8. The summed E-state index contributed by atoms with van der Waals surface area (Å²) in [7, 11) is 1.93. The molecule has 1 aliphatic rings. The minimum Gasteiger partial charge on any atom is -0.369 e. The zero-order valence-corrected chi connectivity index (χ0v) is 16.1. The van der Waals surface area contributed by atoms with Crippen molar-refractivity contribution in [2.45, 2.75) is 26.4 Å². The van der Waals surface area contributed by atoms with Crippen LogP contribution in [0.5, 0.6) is 0 Å². The number of aromatic nitrogens is 2. The molecule has 1 fully saturated rings. The van der Waals surface area contributed by atoms with E-state index in [1.54, 1.807) is 0 Å². The normalized spacial score (nSPS) is 17.0. The van der Waals surface area contributed by atoms with Gasteiger partial charge in [0.25, 0.3) is 0 Å². The van der Waals surface area contributed by atoms with Crippen molar-refractivity contribution >= 4 is 17.3 Å². The number of nitrogens with zero attached hydrogens (tertiary/aromatic N) is 4. The molecule has 1 atom stereocenters. The summed E-state index contributed by atoms with van der Waals surface area (Å²) in [5.41, 5.74) is 3.28. The van der Waals surface area contributed by atoms with E-state index in [-0.39, 0.29) is 0 Å². The molecule has 3 rings (SSSR count). The van der Waals surface area contributed by atoms with Gasteiger partial charge in [-0.25, -0.2) is 0 Å². The number of para-hydroxylation sites is 1. The van der Waals surface area contributed by atoms with Gasteiger partial charge < -0.3 is 10.2 Å². The Bertz CT molecular complexity index is 677. The lowest BCUT2D eigenvalue weighted by Gasteiger charge is -2.39. The lowest BCUT2D eigenvalue weighted by atomic mass is 10.2. The first-order valence-electron chi connectivity index (χ1n) is 8.99. The van der Waals surface area contributed by atoms with Crippen molar-refractivity contribution in [1.29, 1.82) is 0 Å². The quantitative estimate of drug-likeness (QED) is 0.858. The molecule has 2 heterocycles. The monoisotopic (exact) mass is 361 g/mol. The SMILES string of the molecule is Cc1c(Cl)c(CNCC(C)N2CCN(c3ccccc3)CC2)nn1C. The molecule has 5 nitrogen and oxygen atoms in total. The minimum absolute atomic E-state index is 0.501. The molecule has 0 bridgehead atoms. The Morgan fingerprint density at radius 3 is 2.44 bits per heavy atom. The molecule has 6 heteroatoms. The standard InChI is InChI=1S/C19H28ClN5/c1-15(13-21-14-18-19(20)16(2)23(3)22-18)24-9-11-25(12-10-24)17-7-5-4-6-8-17/h4-8,15,21H,9-14H2,1-3H3. The number of aryl methyl sites for hydroxylation is 1. The molecule has 2 aromatic rings. The first-order chi connectivity index (χ1) is 12.1. The molecule has 1 N–H and O–H groups in total. The fraction of sp³-hybridized carbons (Fsp3) is 0.526. The minimum atomic E-state index is 0.501. The molecule has 136 valence electrons. The van der Waals surface area contributed by atoms with E-state index in [9.17, 15) is 0 Å². The van der Waals surface area contributed by atoms with Gasteiger partial charge in [-0.15, -0.1) is 0 Å². The molecule has 1 unspecified atom stereocenters. The lowest BCUT2D eigenvalue weighted by molar-refractivity contribution is 0.193. The second-order valence-electron chi connectivity index (χ2n) is 6.81. The number of halogens is 1. The van der Waals surface area contributed by atoms with Gasteiger partial charge in [-0.1, -0.05) is 29.8 Å². The lowest BCUT2D eigenvalue weighted by Crippen LogP contribution is -2.51. The van der Waals surface area contributed by atoms with Crippen LogP contribution < -0.4 is 10.2 Å². The van der Waals surface area contributed by atoms with Crippen molar-refractivity contribution in [2.24, 2.45) is 7.05 Å². The van der Waals surface area contributed by atoms with Crippen molar-refractivity contribution in [3.05, 3.63) is 46.7 Å². The van der Waals surface area contributed by atoms with E-state index in [1.165, 1.54) is 5.69 Å². The second-order valence-corrected chi connectivity index (χ2v) is 7.19. The first kappa shape index (κ1) is 18.2. The highest BCUT2D eigenvalue weighted by Gasteiger charge is 2.21. The van der Waals surface area contributed by atoms with Crippen molar-refractivity contribution in [3.63, 3.8) is 0 Å². The summed E-state index contributed by atoms with van der Waals surface area (Å²) in [6.45, 7) is 10.3. The van der Waals surface area contributed by atoms with Crippen LogP contribution in [0.2, 0.25) is 5.02 Å². The Kier molecular flexibility index (Phi) is 5.99. The van der Waals surface area contributed by atoms with Gasteiger partial charge in [0.05, 0.1) is 16.4 Å². The third kappa shape index (κ3) is 4.35. The summed E-state index contributed by atoms with van der Waals surface area (Å²) in [4.78, 5) is 5.02. The molecule has 0 spiro atoms. The predicted octanol–water partition coefficient (Wildman–Crippen LogP) is 2.68. The average Bonchev–Trinajstić information content (AvgIpc) is 2.89. The molecule has 1 aliphatic heterocycles. The van der Waals surface area contributed by atoms with Crippen LogP contribution in [-0.4, -0.2) is 53.4 Å². The number of benzene rings is 1.